The Kier molecular flexibility index (Phi) is 5.77. The van der Waals surface area contributed by atoms with E-state index in [0.717, 1.165) is 33.7 Å². The number of rotatable bonds is 3. The van der Waals surface area contributed by atoms with Crippen molar-refractivity contribution in [1.82, 2.24) is 14.5 Å². The first-order valence-electron chi connectivity index (χ1n) is 18.2. The maximum atomic E-state index is 5.52. The minimum atomic E-state index is 0.705. The molecule has 0 saturated carbocycles. The molecule has 0 aliphatic heterocycles. The molecule has 2 heterocycles. The summed E-state index contributed by atoms with van der Waals surface area (Å²) >= 11 is 0. The van der Waals surface area contributed by atoms with Crippen LogP contribution in [0, 0.1) is 0 Å². The van der Waals surface area contributed by atoms with Gasteiger partial charge in [-0.1, -0.05) is 152 Å². The SMILES string of the molecule is c1ccc(-c2cc(-n3c4ccccc4c4c5ccc6ccccc6c5c5ccccc5c43)nc(-c3cc4c5c(cccc5c3)-c3ccccc3-4)n2)cc1. The Morgan fingerprint density at radius 3 is 1.91 bits per heavy atom. The topological polar surface area (TPSA) is 30.7 Å². The monoisotopic (exact) mass is 671 g/mol. The number of hydrogen-bond donors (Lipinski definition) is 0. The molecule has 2 aromatic heterocycles. The molecule has 1 aliphatic carbocycles. The molecule has 244 valence electrons. The summed E-state index contributed by atoms with van der Waals surface area (Å²) in [5.41, 5.74) is 10.3. The third-order valence-corrected chi connectivity index (χ3v) is 11.3. The van der Waals surface area contributed by atoms with E-state index in [4.69, 9.17) is 9.97 Å². The van der Waals surface area contributed by atoms with Crippen molar-refractivity contribution in [1.29, 1.82) is 0 Å². The second-order valence-electron chi connectivity index (χ2n) is 14.1. The summed E-state index contributed by atoms with van der Waals surface area (Å²) in [6.07, 6.45) is 0. The third-order valence-electron chi connectivity index (χ3n) is 11.3. The molecule has 0 radical (unpaired) electrons. The van der Waals surface area contributed by atoms with Crippen LogP contribution in [0.5, 0.6) is 0 Å². The molecule has 9 aromatic carbocycles. The molecule has 12 rings (SSSR count). The van der Waals surface area contributed by atoms with E-state index in [9.17, 15) is 0 Å². The highest BCUT2D eigenvalue weighted by Gasteiger charge is 2.24. The predicted molar refractivity (Wildman–Crippen MR) is 222 cm³/mol. The molecular weight excluding hydrogens is 643 g/mol. The average molecular weight is 672 g/mol. The predicted octanol–water partition coefficient (Wildman–Crippen LogP) is 13.2. The van der Waals surface area contributed by atoms with Gasteiger partial charge in [-0.25, -0.2) is 9.97 Å². The summed E-state index contributed by atoms with van der Waals surface area (Å²) in [6, 6.07) is 63.5. The van der Waals surface area contributed by atoms with Crippen molar-refractivity contribution >= 4 is 64.9 Å². The third kappa shape index (κ3) is 3.99. The van der Waals surface area contributed by atoms with Crippen molar-refractivity contribution in [3.8, 4) is 50.7 Å². The second kappa shape index (κ2) is 10.7. The van der Waals surface area contributed by atoms with E-state index >= 15 is 0 Å². The molecule has 3 heteroatoms. The van der Waals surface area contributed by atoms with E-state index in [-0.39, 0.29) is 0 Å². The Hall–Kier alpha value is -7.10. The molecule has 1 aliphatic rings. The van der Waals surface area contributed by atoms with Gasteiger partial charge in [-0.3, -0.25) is 4.57 Å². The zero-order valence-electron chi connectivity index (χ0n) is 28.6. The van der Waals surface area contributed by atoms with Crippen LogP contribution in [0.2, 0.25) is 0 Å². The van der Waals surface area contributed by atoms with E-state index < -0.39 is 0 Å². The van der Waals surface area contributed by atoms with Crippen molar-refractivity contribution in [2.75, 3.05) is 0 Å². The van der Waals surface area contributed by atoms with Gasteiger partial charge in [0.2, 0.25) is 0 Å². The lowest BCUT2D eigenvalue weighted by Crippen LogP contribution is -2.03. The fraction of sp³-hybridized carbons (Fsp3) is 0. The van der Waals surface area contributed by atoms with Crippen LogP contribution in [-0.4, -0.2) is 14.5 Å². The summed E-state index contributed by atoms with van der Waals surface area (Å²) in [7, 11) is 0. The number of fused-ring (bicyclic) bond motifs is 13. The largest absolute Gasteiger partial charge is 0.293 e. The smallest absolute Gasteiger partial charge is 0.162 e. The number of hydrogen-bond acceptors (Lipinski definition) is 2. The van der Waals surface area contributed by atoms with Gasteiger partial charge in [-0.2, -0.15) is 0 Å². The van der Waals surface area contributed by atoms with Gasteiger partial charge in [0.25, 0.3) is 0 Å². The van der Waals surface area contributed by atoms with Gasteiger partial charge in [0.15, 0.2) is 5.82 Å². The minimum Gasteiger partial charge on any atom is -0.293 e. The Labute approximate surface area is 305 Å². The first kappa shape index (κ1) is 28.6. The minimum absolute atomic E-state index is 0.705. The lowest BCUT2D eigenvalue weighted by atomic mass is 9.93. The lowest BCUT2D eigenvalue weighted by molar-refractivity contribution is 1.05. The zero-order chi connectivity index (χ0) is 34.6. The van der Waals surface area contributed by atoms with Crippen molar-refractivity contribution in [2.24, 2.45) is 0 Å². The average Bonchev–Trinajstić information content (AvgIpc) is 3.75. The Balaban J connectivity index is 1.22. The normalized spacial score (nSPS) is 12.2. The van der Waals surface area contributed by atoms with Gasteiger partial charge in [0, 0.05) is 33.4 Å². The van der Waals surface area contributed by atoms with Gasteiger partial charge in [0.05, 0.1) is 16.7 Å². The van der Waals surface area contributed by atoms with Crippen LogP contribution in [0.15, 0.2) is 176 Å². The summed E-state index contributed by atoms with van der Waals surface area (Å²) < 4.78 is 2.38. The van der Waals surface area contributed by atoms with E-state index in [0.29, 0.717) is 5.82 Å². The van der Waals surface area contributed by atoms with Crippen molar-refractivity contribution < 1.29 is 0 Å². The molecule has 0 amide bonds. The Morgan fingerprint density at radius 1 is 0.358 bits per heavy atom. The van der Waals surface area contributed by atoms with Crippen molar-refractivity contribution in [3.05, 3.63) is 176 Å². The van der Waals surface area contributed by atoms with E-state index in [2.05, 4.69) is 180 Å². The van der Waals surface area contributed by atoms with E-state index in [1.54, 1.807) is 0 Å². The highest BCUT2D eigenvalue weighted by Crippen LogP contribution is 2.49. The van der Waals surface area contributed by atoms with Crippen LogP contribution in [0.25, 0.3) is 116 Å². The van der Waals surface area contributed by atoms with Gasteiger partial charge in [-0.15, -0.1) is 0 Å². The van der Waals surface area contributed by atoms with Gasteiger partial charge in [-0.05, 0) is 78.2 Å². The first-order valence-corrected chi connectivity index (χ1v) is 18.2. The second-order valence-corrected chi connectivity index (χ2v) is 14.1. The maximum Gasteiger partial charge on any atom is 0.162 e. The van der Waals surface area contributed by atoms with Crippen LogP contribution in [0.1, 0.15) is 0 Å². The highest BCUT2D eigenvalue weighted by atomic mass is 15.1. The van der Waals surface area contributed by atoms with E-state index in [1.165, 1.54) is 76.1 Å². The quantitative estimate of drug-likeness (QED) is 0.175. The fourth-order valence-electron chi connectivity index (χ4n) is 9.06. The van der Waals surface area contributed by atoms with Crippen LogP contribution in [-0.2, 0) is 0 Å². The number of para-hydroxylation sites is 1. The van der Waals surface area contributed by atoms with Gasteiger partial charge in [0.1, 0.15) is 5.82 Å². The fourth-order valence-corrected chi connectivity index (χ4v) is 9.06. The standard InChI is InChI=1S/C50H29N3/c1-2-14-31(15-3-1)43-29-45(52-50(51-43)33-27-32-16-12-23-37-35-18-6-7-19-36(35)42(28-33)46(32)37)53-44-24-11-10-22-40(44)48-41-26-25-30-13-4-5-17-34(30)47(41)38-20-8-9-21-39(38)49(48)53/h1-29H. The Morgan fingerprint density at radius 2 is 1.04 bits per heavy atom. The van der Waals surface area contributed by atoms with Crippen molar-refractivity contribution in [2.45, 2.75) is 0 Å². The summed E-state index contributed by atoms with van der Waals surface area (Å²) in [5.74, 6) is 1.55. The van der Waals surface area contributed by atoms with E-state index in [1.807, 2.05) is 0 Å². The van der Waals surface area contributed by atoms with Gasteiger partial charge < -0.3 is 0 Å². The molecule has 53 heavy (non-hydrogen) atoms. The van der Waals surface area contributed by atoms with Crippen LogP contribution in [0.4, 0.5) is 0 Å². The molecule has 0 fully saturated rings. The summed E-state index contributed by atoms with van der Waals surface area (Å²) in [6.45, 7) is 0. The molecule has 0 spiro atoms. The van der Waals surface area contributed by atoms with Crippen LogP contribution < -0.4 is 0 Å². The van der Waals surface area contributed by atoms with Crippen molar-refractivity contribution in [3.63, 3.8) is 0 Å². The molecule has 0 saturated heterocycles. The lowest BCUT2D eigenvalue weighted by Gasteiger charge is -2.15. The first-order chi connectivity index (χ1) is 26.3. The molecule has 0 unspecified atom stereocenters. The number of benzene rings is 9. The van der Waals surface area contributed by atoms with Crippen LogP contribution >= 0.6 is 0 Å². The van der Waals surface area contributed by atoms with Gasteiger partial charge >= 0.3 is 0 Å². The summed E-state index contributed by atoms with van der Waals surface area (Å²) in [5, 5.41) is 12.4. The summed E-state index contributed by atoms with van der Waals surface area (Å²) in [4.78, 5) is 10.8. The Bertz CT molecular complexity index is 3340. The van der Waals surface area contributed by atoms with Crippen LogP contribution in [0.3, 0.4) is 0 Å². The highest BCUT2D eigenvalue weighted by molar-refractivity contribution is 6.36. The maximum absolute atomic E-state index is 5.52. The molecule has 0 atom stereocenters. The molecule has 0 bridgehead atoms. The zero-order valence-corrected chi connectivity index (χ0v) is 28.6. The number of aromatic nitrogens is 3. The molecule has 0 N–H and O–H groups in total. The molecular formula is C50H29N3. The molecule has 3 nitrogen and oxygen atoms in total. The molecule has 11 aromatic rings. The number of nitrogens with zero attached hydrogens (tertiary/aromatic N) is 3.